The number of aryl methyl sites for hydroxylation is 1. The van der Waals surface area contributed by atoms with Gasteiger partial charge in [-0.3, -0.25) is 0 Å². The standard InChI is InChI=1S/C11H18S/c1-10-7-6-8-11(9-10)12(2,3,4)5/h6-9H,2H2,1,3-5H3. The van der Waals surface area contributed by atoms with E-state index in [2.05, 4.69) is 55.8 Å². The number of hydrogen-bond donors (Lipinski definition) is 0. The summed E-state index contributed by atoms with van der Waals surface area (Å²) in [5.41, 5.74) is 1.32. The SMILES string of the molecule is C=S(C)(C)(C)c1cccc(C)c1. The van der Waals surface area contributed by atoms with Crippen LogP contribution in [0, 0.1) is 6.92 Å². The Morgan fingerprint density at radius 2 is 1.75 bits per heavy atom. The third-order valence-electron chi connectivity index (χ3n) is 1.86. The van der Waals surface area contributed by atoms with Gasteiger partial charge in [0, 0.05) is 0 Å². The molecule has 1 aromatic carbocycles. The molecule has 0 aromatic heterocycles. The molecule has 0 saturated carbocycles. The molecule has 1 aromatic rings. The lowest BCUT2D eigenvalue weighted by Gasteiger charge is -2.36. The first-order chi connectivity index (χ1) is 5.26. The Hall–Kier alpha value is -0.560. The molecule has 1 rings (SSSR count). The fourth-order valence-electron chi connectivity index (χ4n) is 1.09. The van der Waals surface area contributed by atoms with Crippen LogP contribution in [-0.4, -0.2) is 24.6 Å². The molecule has 0 saturated heterocycles. The van der Waals surface area contributed by atoms with Crippen molar-refractivity contribution >= 4 is 14.6 Å². The van der Waals surface area contributed by atoms with Gasteiger partial charge in [0.2, 0.25) is 0 Å². The van der Waals surface area contributed by atoms with E-state index in [9.17, 15) is 0 Å². The largest absolute Gasteiger partial charge is 0.235 e. The quantitative estimate of drug-likeness (QED) is 0.586. The van der Waals surface area contributed by atoms with Crippen LogP contribution in [0.5, 0.6) is 0 Å². The van der Waals surface area contributed by atoms with Crippen LogP contribution in [0.25, 0.3) is 0 Å². The Bertz CT molecular complexity index is 344. The molecule has 0 amide bonds. The molecule has 12 heavy (non-hydrogen) atoms. The van der Waals surface area contributed by atoms with Gasteiger partial charge in [0.15, 0.2) is 0 Å². The number of hydrogen-bond acceptors (Lipinski definition) is 0. The average molecular weight is 182 g/mol. The van der Waals surface area contributed by atoms with Gasteiger partial charge in [-0.05, 0) is 36.7 Å². The first-order valence-corrected chi connectivity index (χ1v) is 7.47. The van der Waals surface area contributed by atoms with E-state index in [-0.39, 0.29) is 0 Å². The van der Waals surface area contributed by atoms with Crippen molar-refractivity contribution in [1.29, 1.82) is 0 Å². The van der Waals surface area contributed by atoms with E-state index in [1.54, 1.807) is 0 Å². The molecule has 0 aliphatic carbocycles. The van der Waals surface area contributed by atoms with Crippen LogP contribution in [0.15, 0.2) is 29.2 Å². The van der Waals surface area contributed by atoms with E-state index >= 15 is 0 Å². The summed E-state index contributed by atoms with van der Waals surface area (Å²) in [7, 11) is -1.54. The Labute approximate surface area is 75.5 Å². The predicted molar refractivity (Wildman–Crippen MR) is 61.9 cm³/mol. The van der Waals surface area contributed by atoms with Crippen molar-refractivity contribution < 1.29 is 0 Å². The van der Waals surface area contributed by atoms with Gasteiger partial charge in [-0.15, -0.1) is 0 Å². The minimum atomic E-state index is -1.54. The predicted octanol–water partition coefficient (Wildman–Crippen LogP) is 3.02. The van der Waals surface area contributed by atoms with E-state index in [4.69, 9.17) is 0 Å². The van der Waals surface area contributed by atoms with Crippen LogP contribution >= 0.6 is 8.75 Å². The molecular formula is C11H18S. The second-order valence-electron chi connectivity index (χ2n) is 4.66. The lowest BCUT2D eigenvalue weighted by atomic mass is 10.2. The van der Waals surface area contributed by atoms with E-state index in [0.717, 1.165) is 0 Å². The zero-order valence-corrected chi connectivity index (χ0v) is 9.24. The Morgan fingerprint density at radius 3 is 2.08 bits per heavy atom. The van der Waals surface area contributed by atoms with E-state index in [0.29, 0.717) is 0 Å². The molecule has 0 atom stereocenters. The molecule has 0 heterocycles. The summed E-state index contributed by atoms with van der Waals surface area (Å²) >= 11 is 0. The number of rotatable bonds is 1. The highest BCUT2D eigenvalue weighted by atomic mass is 32.3. The first-order valence-electron chi connectivity index (χ1n) is 4.04. The fourth-order valence-corrected chi connectivity index (χ4v) is 2.29. The maximum Gasteiger partial charge on any atom is -0.0141 e. The van der Waals surface area contributed by atoms with E-state index in [1.165, 1.54) is 10.5 Å². The minimum absolute atomic E-state index is 1.32. The first kappa shape index (κ1) is 9.53. The maximum absolute atomic E-state index is 4.32. The van der Waals surface area contributed by atoms with Crippen LogP contribution in [0.2, 0.25) is 0 Å². The molecule has 0 radical (unpaired) electrons. The van der Waals surface area contributed by atoms with Crippen LogP contribution in [0.1, 0.15) is 5.56 Å². The van der Waals surface area contributed by atoms with Crippen molar-refractivity contribution in [1.82, 2.24) is 0 Å². The summed E-state index contributed by atoms with van der Waals surface area (Å²) in [6.45, 7) is 2.13. The second kappa shape index (κ2) is 2.46. The van der Waals surface area contributed by atoms with Crippen LogP contribution < -0.4 is 0 Å². The molecule has 0 aliphatic heterocycles. The van der Waals surface area contributed by atoms with Crippen LogP contribution in [0.4, 0.5) is 0 Å². The average Bonchev–Trinajstić information content (AvgIpc) is 1.84. The molecule has 0 bridgehead atoms. The molecule has 68 valence electrons. The monoisotopic (exact) mass is 182 g/mol. The molecule has 0 fully saturated rings. The molecule has 0 aliphatic rings. The Kier molecular flexibility index (Phi) is 1.95. The van der Waals surface area contributed by atoms with Crippen molar-refractivity contribution in [2.75, 3.05) is 18.8 Å². The van der Waals surface area contributed by atoms with Crippen molar-refractivity contribution in [3.63, 3.8) is 0 Å². The van der Waals surface area contributed by atoms with Gasteiger partial charge >= 0.3 is 0 Å². The zero-order chi connectivity index (χ0) is 9.43. The highest BCUT2D eigenvalue weighted by Crippen LogP contribution is 2.53. The van der Waals surface area contributed by atoms with Gasteiger partial charge in [0.05, 0.1) is 0 Å². The molecule has 1 heteroatoms. The molecule has 0 unspecified atom stereocenters. The normalized spacial score (nSPS) is 15.2. The topological polar surface area (TPSA) is 0 Å². The van der Waals surface area contributed by atoms with Crippen LogP contribution in [-0.2, 0) is 0 Å². The van der Waals surface area contributed by atoms with Gasteiger partial charge < -0.3 is 0 Å². The highest BCUT2D eigenvalue weighted by Gasteiger charge is 2.13. The molecule has 0 spiro atoms. The summed E-state index contributed by atoms with van der Waals surface area (Å²) < 4.78 is 0. The second-order valence-corrected chi connectivity index (χ2v) is 10.8. The van der Waals surface area contributed by atoms with Gasteiger partial charge in [-0.25, -0.2) is 8.75 Å². The minimum Gasteiger partial charge on any atom is -0.235 e. The summed E-state index contributed by atoms with van der Waals surface area (Å²) in [5.74, 6) is 4.32. The van der Waals surface area contributed by atoms with E-state index in [1.807, 2.05) is 0 Å². The highest BCUT2D eigenvalue weighted by molar-refractivity contribution is 8.45. The Morgan fingerprint density at radius 1 is 1.17 bits per heavy atom. The molecule has 0 nitrogen and oxygen atoms in total. The van der Waals surface area contributed by atoms with Gasteiger partial charge in [-0.2, -0.15) is 0 Å². The molecule has 0 N–H and O–H groups in total. The fraction of sp³-hybridized carbons (Fsp3) is 0.364. The Balaban J connectivity index is 3.32. The lowest BCUT2D eigenvalue weighted by molar-refractivity contribution is 1.35. The van der Waals surface area contributed by atoms with Crippen molar-refractivity contribution in [2.24, 2.45) is 0 Å². The third kappa shape index (κ3) is 2.21. The molecular weight excluding hydrogens is 164 g/mol. The van der Waals surface area contributed by atoms with Gasteiger partial charge in [0.1, 0.15) is 0 Å². The van der Waals surface area contributed by atoms with Crippen molar-refractivity contribution in [3.8, 4) is 0 Å². The zero-order valence-electron chi connectivity index (χ0n) is 8.42. The summed E-state index contributed by atoms with van der Waals surface area (Å²) in [6.07, 6.45) is 6.77. The summed E-state index contributed by atoms with van der Waals surface area (Å²) in [5, 5.41) is 0. The van der Waals surface area contributed by atoms with Crippen LogP contribution in [0.3, 0.4) is 0 Å². The smallest absolute Gasteiger partial charge is 0.0141 e. The maximum atomic E-state index is 4.32. The lowest BCUT2D eigenvalue weighted by Crippen LogP contribution is -2.01. The summed E-state index contributed by atoms with van der Waals surface area (Å²) in [4.78, 5) is 1.40. The van der Waals surface area contributed by atoms with Gasteiger partial charge in [0.25, 0.3) is 0 Å². The van der Waals surface area contributed by atoms with Gasteiger partial charge in [-0.1, -0.05) is 29.6 Å². The summed E-state index contributed by atoms with van der Waals surface area (Å²) in [6, 6.07) is 8.67. The van der Waals surface area contributed by atoms with Crippen molar-refractivity contribution in [2.45, 2.75) is 11.8 Å². The number of benzene rings is 1. The third-order valence-corrected chi connectivity index (χ3v) is 3.86. The van der Waals surface area contributed by atoms with Crippen molar-refractivity contribution in [3.05, 3.63) is 29.8 Å². The van der Waals surface area contributed by atoms with E-state index < -0.39 is 8.75 Å².